The summed E-state index contributed by atoms with van der Waals surface area (Å²) in [5.74, 6) is -2.14. The Bertz CT molecular complexity index is 739. The molecule has 0 aliphatic heterocycles. The van der Waals surface area contributed by atoms with Gasteiger partial charge in [0.1, 0.15) is 6.04 Å². The van der Waals surface area contributed by atoms with Crippen LogP contribution in [0.25, 0.3) is 0 Å². The Morgan fingerprint density at radius 3 is 2.03 bits per heavy atom. The Morgan fingerprint density at radius 1 is 0.935 bits per heavy atom. The second kappa shape index (κ2) is 12.4. The third-order valence-electron chi connectivity index (χ3n) is 4.69. The van der Waals surface area contributed by atoms with E-state index in [2.05, 4.69) is 16.0 Å². The number of nitrogens with one attached hydrogen (secondary N) is 3. The van der Waals surface area contributed by atoms with Crippen molar-refractivity contribution in [3.05, 3.63) is 29.8 Å². The lowest BCUT2D eigenvalue weighted by Crippen LogP contribution is -2.53. The molecule has 1 aromatic rings. The zero-order chi connectivity index (χ0) is 23.6. The van der Waals surface area contributed by atoms with Crippen LogP contribution in [0.15, 0.2) is 24.3 Å². The van der Waals surface area contributed by atoms with Crippen molar-refractivity contribution < 1.29 is 23.9 Å². The summed E-state index contributed by atoms with van der Waals surface area (Å²) in [6.07, 6.45) is 0.00489. The smallest absolute Gasteiger partial charge is 0.313 e. The van der Waals surface area contributed by atoms with Crippen LogP contribution in [-0.2, 0) is 29.3 Å². The molecule has 8 heteroatoms. The lowest BCUT2D eigenvalue weighted by atomic mass is 9.86. The van der Waals surface area contributed by atoms with Gasteiger partial charge in [-0.3, -0.25) is 14.4 Å². The summed E-state index contributed by atoms with van der Waals surface area (Å²) >= 11 is 0. The van der Waals surface area contributed by atoms with E-state index in [-0.39, 0.29) is 11.5 Å². The molecule has 0 saturated carbocycles. The number of hydrogen-bond acceptors (Lipinski definition) is 5. The Morgan fingerprint density at radius 2 is 1.52 bits per heavy atom. The zero-order valence-electron chi connectivity index (χ0n) is 19.7. The molecule has 1 rings (SSSR count). The van der Waals surface area contributed by atoms with Crippen LogP contribution in [0.1, 0.15) is 60.5 Å². The van der Waals surface area contributed by atoms with Crippen LogP contribution in [0.4, 0.5) is 5.69 Å². The van der Waals surface area contributed by atoms with Gasteiger partial charge in [0, 0.05) is 18.9 Å². The molecule has 0 fully saturated rings. The highest BCUT2D eigenvalue weighted by atomic mass is 16.7. The molecule has 31 heavy (non-hydrogen) atoms. The molecule has 0 saturated heterocycles. The van der Waals surface area contributed by atoms with Gasteiger partial charge in [-0.1, -0.05) is 45.9 Å². The molecule has 0 bridgehead atoms. The van der Waals surface area contributed by atoms with Crippen molar-refractivity contribution in [1.29, 1.82) is 0 Å². The number of benzene rings is 1. The molecule has 0 spiro atoms. The van der Waals surface area contributed by atoms with Crippen molar-refractivity contribution >= 4 is 23.4 Å². The number of rotatable bonds is 10. The number of carbonyl (C=O) groups is 3. The second-order valence-corrected chi connectivity index (χ2v) is 8.25. The first-order valence-corrected chi connectivity index (χ1v) is 10.8. The molecule has 3 amide bonds. The molecule has 0 radical (unpaired) electrons. The summed E-state index contributed by atoms with van der Waals surface area (Å²) in [7, 11) is 0. The summed E-state index contributed by atoms with van der Waals surface area (Å²) in [4.78, 5) is 37.3. The van der Waals surface area contributed by atoms with E-state index < -0.39 is 30.1 Å². The molecule has 174 valence electrons. The number of amides is 3. The van der Waals surface area contributed by atoms with Gasteiger partial charge in [0.05, 0.1) is 6.04 Å². The molecule has 0 aliphatic carbocycles. The number of para-hydroxylation sites is 1. The van der Waals surface area contributed by atoms with Crippen LogP contribution < -0.4 is 16.0 Å². The monoisotopic (exact) mass is 435 g/mol. The fourth-order valence-electron chi connectivity index (χ4n) is 3.03. The SMILES string of the molecule is CCOC(OCC)[C@H](CC)NC(=O)[C@H](C)NC(=O)C(=O)Nc1ccccc1C(C)(C)C. The molecule has 1 aromatic carbocycles. The third-order valence-corrected chi connectivity index (χ3v) is 4.69. The van der Waals surface area contributed by atoms with Crippen LogP contribution >= 0.6 is 0 Å². The number of anilines is 1. The molecule has 0 aliphatic rings. The van der Waals surface area contributed by atoms with E-state index in [4.69, 9.17) is 9.47 Å². The highest BCUT2D eigenvalue weighted by Crippen LogP contribution is 2.29. The van der Waals surface area contributed by atoms with Crippen LogP contribution in [-0.4, -0.2) is 49.3 Å². The first kappa shape index (κ1) is 26.6. The van der Waals surface area contributed by atoms with E-state index >= 15 is 0 Å². The summed E-state index contributed by atoms with van der Waals surface area (Å²) < 4.78 is 11.1. The van der Waals surface area contributed by atoms with Crippen molar-refractivity contribution in [2.45, 2.75) is 78.7 Å². The fourth-order valence-corrected chi connectivity index (χ4v) is 3.03. The van der Waals surface area contributed by atoms with Crippen molar-refractivity contribution in [3.8, 4) is 0 Å². The maximum Gasteiger partial charge on any atom is 0.313 e. The fraction of sp³-hybridized carbons (Fsp3) is 0.609. The highest BCUT2D eigenvalue weighted by molar-refractivity contribution is 6.40. The van der Waals surface area contributed by atoms with Crippen molar-refractivity contribution in [1.82, 2.24) is 10.6 Å². The van der Waals surface area contributed by atoms with Gasteiger partial charge in [0.15, 0.2) is 6.29 Å². The van der Waals surface area contributed by atoms with Crippen molar-refractivity contribution in [2.24, 2.45) is 0 Å². The van der Waals surface area contributed by atoms with Gasteiger partial charge < -0.3 is 25.4 Å². The van der Waals surface area contributed by atoms with Crippen molar-refractivity contribution in [2.75, 3.05) is 18.5 Å². The van der Waals surface area contributed by atoms with Crippen molar-refractivity contribution in [3.63, 3.8) is 0 Å². The molecule has 2 atom stereocenters. The van der Waals surface area contributed by atoms with Gasteiger partial charge in [-0.05, 0) is 44.2 Å². The van der Waals surface area contributed by atoms with E-state index in [0.29, 0.717) is 25.3 Å². The topological polar surface area (TPSA) is 106 Å². The number of ether oxygens (including phenoxy) is 2. The minimum atomic E-state index is -0.908. The first-order valence-electron chi connectivity index (χ1n) is 10.8. The normalized spacial score (nSPS) is 13.4. The number of carbonyl (C=O) groups excluding carboxylic acids is 3. The minimum absolute atomic E-state index is 0.208. The van der Waals surface area contributed by atoms with E-state index in [1.807, 2.05) is 53.7 Å². The molecule has 0 heterocycles. The van der Waals surface area contributed by atoms with Gasteiger partial charge in [0.25, 0.3) is 0 Å². The number of hydrogen-bond donors (Lipinski definition) is 3. The second-order valence-electron chi connectivity index (χ2n) is 8.25. The van der Waals surface area contributed by atoms with E-state index in [0.717, 1.165) is 5.56 Å². The maximum absolute atomic E-state index is 12.6. The lowest BCUT2D eigenvalue weighted by Gasteiger charge is -2.28. The zero-order valence-corrected chi connectivity index (χ0v) is 19.7. The predicted octanol–water partition coefficient (Wildman–Crippen LogP) is 2.72. The highest BCUT2D eigenvalue weighted by Gasteiger charge is 2.27. The summed E-state index contributed by atoms with van der Waals surface area (Å²) in [5.41, 5.74) is 1.26. The third kappa shape index (κ3) is 8.30. The predicted molar refractivity (Wildman–Crippen MR) is 121 cm³/mol. The molecular weight excluding hydrogens is 398 g/mol. The average Bonchev–Trinajstić information content (AvgIpc) is 2.71. The lowest BCUT2D eigenvalue weighted by molar-refractivity contribution is -0.159. The Hall–Kier alpha value is -2.45. The van der Waals surface area contributed by atoms with Gasteiger partial charge >= 0.3 is 11.8 Å². The van der Waals surface area contributed by atoms with Gasteiger partial charge in [-0.25, -0.2) is 0 Å². The summed E-state index contributed by atoms with van der Waals surface area (Å²) in [6, 6.07) is 6.03. The largest absolute Gasteiger partial charge is 0.351 e. The van der Waals surface area contributed by atoms with Crippen LogP contribution in [0.3, 0.4) is 0 Å². The minimum Gasteiger partial charge on any atom is -0.351 e. The Kier molecular flexibility index (Phi) is 10.6. The molecular formula is C23H37N3O5. The van der Waals surface area contributed by atoms with Gasteiger partial charge in [-0.15, -0.1) is 0 Å². The molecule has 8 nitrogen and oxygen atoms in total. The molecule has 0 unspecified atom stereocenters. The van der Waals surface area contributed by atoms with Gasteiger partial charge in [-0.2, -0.15) is 0 Å². The Labute approximate surface area is 185 Å². The van der Waals surface area contributed by atoms with Crippen LogP contribution in [0.5, 0.6) is 0 Å². The van der Waals surface area contributed by atoms with E-state index in [1.165, 1.54) is 6.92 Å². The first-order chi connectivity index (χ1) is 14.5. The van der Waals surface area contributed by atoms with E-state index in [9.17, 15) is 14.4 Å². The summed E-state index contributed by atoms with van der Waals surface area (Å²) in [6.45, 7) is 14.1. The van der Waals surface area contributed by atoms with Gasteiger partial charge in [0.2, 0.25) is 5.91 Å². The summed E-state index contributed by atoms with van der Waals surface area (Å²) in [5, 5.41) is 7.91. The van der Waals surface area contributed by atoms with Crippen LogP contribution in [0.2, 0.25) is 0 Å². The average molecular weight is 436 g/mol. The maximum atomic E-state index is 12.6. The quantitative estimate of drug-likeness (QED) is 0.387. The molecule has 3 N–H and O–H groups in total. The molecule has 0 aromatic heterocycles. The van der Waals surface area contributed by atoms with E-state index in [1.54, 1.807) is 12.1 Å². The Balaban J connectivity index is 2.74. The standard InChI is InChI=1S/C23H37N3O5/c1-8-17(22(30-9-2)31-10-3)25-19(27)15(4)24-20(28)21(29)26-18-14-12-11-13-16(18)23(5,6)7/h11-15,17,22H,8-10H2,1-7H3,(H,24,28)(H,25,27)(H,26,29)/t15-,17-/m0/s1. The van der Waals surface area contributed by atoms with Crippen LogP contribution in [0, 0.1) is 0 Å².